The second kappa shape index (κ2) is 19.2. The highest BCUT2D eigenvalue weighted by Crippen LogP contribution is 2.14. The Morgan fingerprint density at radius 1 is 0.824 bits per heavy atom. The lowest BCUT2D eigenvalue weighted by atomic mass is 10.0. The van der Waals surface area contributed by atoms with Crippen LogP contribution in [-0.2, 0) is 25.6 Å². The first kappa shape index (κ1) is 30.0. The molecule has 1 aromatic carbocycles. The largest absolute Gasteiger partial charge is 0.464 e. The first-order valence-electron chi connectivity index (χ1n) is 13.1. The van der Waals surface area contributed by atoms with E-state index in [0.29, 0.717) is 26.2 Å². The molecule has 1 amide bonds. The summed E-state index contributed by atoms with van der Waals surface area (Å²) in [5.41, 5.74) is 1.07. The van der Waals surface area contributed by atoms with Crippen LogP contribution in [-0.4, -0.2) is 49.9 Å². The molecule has 0 saturated carbocycles. The van der Waals surface area contributed by atoms with Crippen LogP contribution in [0.1, 0.15) is 90.5 Å². The third kappa shape index (κ3) is 14.2. The Morgan fingerprint density at radius 2 is 1.44 bits per heavy atom. The van der Waals surface area contributed by atoms with Gasteiger partial charge in [0.15, 0.2) is 0 Å². The number of benzene rings is 1. The van der Waals surface area contributed by atoms with Crippen LogP contribution >= 0.6 is 0 Å². The van der Waals surface area contributed by atoms with Crippen molar-refractivity contribution in [2.45, 2.75) is 97.6 Å². The zero-order chi connectivity index (χ0) is 25.0. The van der Waals surface area contributed by atoms with Gasteiger partial charge in [-0.05, 0) is 24.3 Å². The van der Waals surface area contributed by atoms with Gasteiger partial charge in [0.05, 0.1) is 19.8 Å². The van der Waals surface area contributed by atoms with Crippen molar-refractivity contribution in [1.82, 2.24) is 4.90 Å². The Hall–Kier alpha value is -2.08. The van der Waals surface area contributed by atoms with E-state index in [-0.39, 0.29) is 18.5 Å². The number of carbonyl (C=O) groups is 2. The Kier molecular flexibility index (Phi) is 17.0. The second-order valence-electron chi connectivity index (χ2n) is 9.40. The van der Waals surface area contributed by atoms with Gasteiger partial charge < -0.3 is 14.2 Å². The minimum absolute atomic E-state index is 0.137. The molecule has 6 heteroatoms. The Bertz CT molecular complexity index is 649. The zero-order valence-electron chi connectivity index (χ0n) is 21.9. The summed E-state index contributed by atoms with van der Waals surface area (Å²) in [5, 5.41) is 0. The summed E-state index contributed by atoms with van der Waals surface area (Å²) >= 11 is 0. The predicted octanol–water partition coefficient (Wildman–Crippen LogP) is 6.76. The molecular weight excluding hydrogens is 430 g/mol. The molecular formula is C28H47NO5. The van der Waals surface area contributed by atoms with Gasteiger partial charge in [0.1, 0.15) is 12.6 Å². The van der Waals surface area contributed by atoms with Crippen molar-refractivity contribution >= 4 is 12.1 Å². The summed E-state index contributed by atoms with van der Waals surface area (Å²) in [4.78, 5) is 26.5. The summed E-state index contributed by atoms with van der Waals surface area (Å²) in [6.45, 7) is 7.59. The van der Waals surface area contributed by atoms with Crippen molar-refractivity contribution in [3.63, 3.8) is 0 Å². The maximum atomic E-state index is 12.7. The quantitative estimate of drug-likeness (QED) is 0.163. The van der Waals surface area contributed by atoms with Crippen LogP contribution in [0.4, 0.5) is 4.79 Å². The van der Waals surface area contributed by atoms with Gasteiger partial charge in [0.25, 0.3) is 0 Å². The third-order valence-corrected chi connectivity index (χ3v) is 5.78. The molecule has 1 atom stereocenters. The van der Waals surface area contributed by atoms with E-state index in [9.17, 15) is 9.59 Å². The van der Waals surface area contributed by atoms with Gasteiger partial charge in [-0.25, -0.2) is 9.59 Å². The number of carbonyl (C=O) groups excluding carboxylic acids is 2. The molecule has 0 aliphatic carbocycles. The SMILES string of the molecule is CCCCCCCCCCCOC(=O)[C@H](CC(C)C)N(C)C(=O)OCCOCc1ccccc1. The van der Waals surface area contributed by atoms with Gasteiger partial charge in [-0.2, -0.15) is 0 Å². The van der Waals surface area contributed by atoms with E-state index in [4.69, 9.17) is 14.2 Å². The third-order valence-electron chi connectivity index (χ3n) is 5.78. The second-order valence-corrected chi connectivity index (χ2v) is 9.40. The fraction of sp³-hybridized carbons (Fsp3) is 0.714. The molecule has 0 fully saturated rings. The highest BCUT2D eigenvalue weighted by Gasteiger charge is 2.30. The van der Waals surface area contributed by atoms with E-state index in [2.05, 4.69) is 6.92 Å². The molecule has 0 saturated heterocycles. The monoisotopic (exact) mass is 477 g/mol. The number of esters is 1. The molecule has 0 bridgehead atoms. The first-order chi connectivity index (χ1) is 16.5. The lowest BCUT2D eigenvalue weighted by Gasteiger charge is -2.27. The lowest BCUT2D eigenvalue weighted by Crippen LogP contribution is -2.44. The maximum Gasteiger partial charge on any atom is 0.410 e. The highest BCUT2D eigenvalue weighted by molar-refractivity contribution is 5.81. The molecule has 194 valence electrons. The van der Waals surface area contributed by atoms with Gasteiger partial charge in [0.2, 0.25) is 0 Å². The van der Waals surface area contributed by atoms with E-state index in [1.807, 2.05) is 44.2 Å². The van der Waals surface area contributed by atoms with Crippen LogP contribution in [0.5, 0.6) is 0 Å². The predicted molar refractivity (Wildman–Crippen MR) is 137 cm³/mol. The maximum absolute atomic E-state index is 12.7. The smallest absolute Gasteiger partial charge is 0.410 e. The van der Waals surface area contributed by atoms with Crippen molar-refractivity contribution in [3.05, 3.63) is 35.9 Å². The lowest BCUT2D eigenvalue weighted by molar-refractivity contribution is -0.149. The molecule has 0 aromatic heterocycles. The van der Waals surface area contributed by atoms with E-state index < -0.39 is 12.1 Å². The van der Waals surface area contributed by atoms with Gasteiger partial charge in [-0.15, -0.1) is 0 Å². The summed E-state index contributed by atoms with van der Waals surface area (Å²) in [7, 11) is 1.60. The number of unbranched alkanes of at least 4 members (excludes halogenated alkanes) is 8. The van der Waals surface area contributed by atoms with Crippen LogP contribution in [0.25, 0.3) is 0 Å². The number of amides is 1. The van der Waals surface area contributed by atoms with Crippen molar-refractivity contribution in [2.75, 3.05) is 26.9 Å². The van der Waals surface area contributed by atoms with Crippen molar-refractivity contribution in [2.24, 2.45) is 5.92 Å². The highest BCUT2D eigenvalue weighted by atomic mass is 16.6. The molecule has 0 spiro atoms. The summed E-state index contributed by atoms with van der Waals surface area (Å²) < 4.78 is 16.4. The molecule has 0 radical (unpaired) electrons. The van der Waals surface area contributed by atoms with Gasteiger partial charge >= 0.3 is 12.1 Å². The molecule has 0 aliphatic heterocycles. The van der Waals surface area contributed by atoms with E-state index >= 15 is 0 Å². The molecule has 6 nitrogen and oxygen atoms in total. The van der Waals surface area contributed by atoms with Gasteiger partial charge in [-0.1, -0.05) is 102 Å². The minimum Gasteiger partial charge on any atom is -0.464 e. The van der Waals surface area contributed by atoms with E-state index in [1.165, 1.54) is 49.8 Å². The summed E-state index contributed by atoms with van der Waals surface area (Å²) in [6.07, 6.45) is 10.9. The number of hydrogen-bond acceptors (Lipinski definition) is 5. The summed E-state index contributed by atoms with van der Waals surface area (Å²) in [5.74, 6) is -0.109. The van der Waals surface area contributed by atoms with Crippen LogP contribution in [0.2, 0.25) is 0 Å². The molecule has 1 rings (SSSR count). The normalized spacial score (nSPS) is 11.9. The van der Waals surface area contributed by atoms with Gasteiger partial charge in [-0.3, -0.25) is 4.90 Å². The van der Waals surface area contributed by atoms with Crippen LogP contribution in [0, 0.1) is 5.92 Å². The molecule has 1 aromatic rings. The zero-order valence-corrected chi connectivity index (χ0v) is 21.9. The van der Waals surface area contributed by atoms with Crippen LogP contribution in [0.3, 0.4) is 0 Å². The van der Waals surface area contributed by atoms with Crippen LogP contribution < -0.4 is 0 Å². The molecule has 0 aliphatic rings. The topological polar surface area (TPSA) is 65.1 Å². The van der Waals surface area contributed by atoms with E-state index in [1.54, 1.807) is 7.05 Å². The van der Waals surface area contributed by atoms with Crippen molar-refractivity contribution in [1.29, 1.82) is 0 Å². The molecule has 34 heavy (non-hydrogen) atoms. The minimum atomic E-state index is -0.642. The van der Waals surface area contributed by atoms with Gasteiger partial charge in [0, 0.05) is 7.05 Å². The number of nitrogens with zero attached hydrogens (tertiary/aromatic N) is 1. The number of hydrogen-bond donors (Lipinski definition) is 0. The number of ether oxygens (including phenoxy) is 3. The standard InChI is InChI=1S/C28H47NO5/c1-5-6-7-8-9-10-11-12-16-19-33-27(30)26(22-24(2)3)29(4)28(31)34-21-20-32-23-25-17-14-13-15-18-25/h13-15,17-18,24,26H,5-12,16,19-23H2,1-4H3/t26-/m0/s1. The first-order valence-corrected chi connectivity index (χ1v) is 13.1. The molecule has 0 unspecified atom stereocenters. The Morgan fingerprint density at radius 3 is 2.06 bits per heavy atom. The molecule has 0 heterocycles. The van der Waals surface area contributed by atoms with E-state index in [0.717, 1.165) is 18.4 Å². The van der Waals surface area contributed by atoms with Crippen molar-refractivity contribution < 1.29 is 23.8 Å². The number of rotatable bonds is 19. The average Bonchev–Trinajstić information content (AvgIpc) is 2.83. The van der Waals surface area contributed by atoms with Crippen molar-refractivity contribution in [3.8, 4) is 0 Å². The molecule has 0 N–H and O–H groups in total. The Balaban J connectivity index is 2.27. The number of likely N-dealkylation sites (N-methyl/N-ethyl adjacent to an activating group) is 1. The fourth-order valence-corrected chi connectivity index (χ4v) is 3.72. The fourth-order valence-electron chi connectivity index (χ4n) is 3.72. The summed E-state index contributed by atoms with van der Waals surface area (Å²) in [6, 6.07) is 9.19. The Labute approximate surface area is 207 Å². The van der Waals surface area contributed by atoms with Crippen LogP contribution in [0.15, 0.2) is 30.3 Å². The average molecular weight is 478 g/mol.